The molecule has 146 valence electrons. The molecule has 0 fully saturated rings. The monoisotopic (exact) mass is 399 g/mol. The lowest BCUT2D eigenvalue weighted by molar-refractivity contribution is -0.884. The SMILES string of the molecule is C[C@@H]1CCc2c(sc3ccc4c(ccc[n+]4O)c23)C(=O)N1C(=O)OC(C)(C)C. The average Bonchev–Trinajstić information content (AvgIpc) is 2.92. The minimum absolute atomic E-state index is 0.255. The van der Waals surface area contributed by atoms with Gasteiger partial charge in [0.1, 0.15) is 5.60 Å². The van der Waals surface area contributed by atoms with Crippen molar-refractivity contribution in [3.8, 4) is 0 Å². The highest BCUT2D eigenvalue weighted by atomic mass is 32.1. The molecular formula is C21H23N2O4S+. The molecular weight excluding hydrogens is 376 g/mol. The predicted octanol–water partition coefficient (Wildman–Crippen LogP) is 4.29. The molecule has 1 aliphatic heterocycles. The number of fused-ring (bicyclic) bond motifs is 5. The molecule has 6 nitrogen and oxygen atoms in total. The molecule has 3 aromatic rings. The van der Waals surface area contributed by atoms with E-state index in [9.17, 15) is 14.8 Å². The van der Waals surface area contributed by atoms with Gasteiger partial charge in [-0.05, 0) is 58.2 Å². The molecule has 0 aliphatic carbocycles. The third-order valence-electron chi connectivity index (χ3n) is 4.97. The highest BCUT2D eigenvalue weighted by molar-refractivity contribution is 7.21. The maximum absolute atomic E-state index is 13.3. The zero-order valence-corrected chi connectivity index (χ0v) is 17.2. The van der Waals surface area contributed by atoms with Gasteiger partial charge in [-0.3, -0.25) is 10.0 Å². The molecule has 0 saturated carbocycles. The van der Waals surface area contributed by atoms with E-state index in [1.165, 1.54) is 16.2 Å². The van der Waals surface area contributed by atoms with Crippen molar-refractivity contribution in [2.45, 2.75) is 52.2 Å². The number of nitrogens with zero attached hydrogens (tertiary/aromatic N) is 2. The Bertz CT molecular complexity index is 1110. The van der Waals surface area contributed by atoms with Crippen molar-refractivity contribution in [2.24, 2.45) is 0 Å². The first-order valence-corrected chi connectivity index (χ1v) is 10.1. The number of ether oxygens (including phenoxy) is 1. The van der Waals surface area contributed by atoms with Gasteiger partial charge in [-0.2, -0.15) is 0 Å². The van der Waals surface area contributed by atoms with E-state index in [0.717, 1.165) is 25.8 Å². The van der Waals surface area contributed by atoms with Gasteiger partial charge >= 0.3 is 6.09 Å². The number of benzene rings is 1. The number of pyridine rings is 1. The Morgan fingerprint density at radius 3 is 2.79 bits per heavy atom. The van der Waals surface area contributed by atoms with Crippen LogP contribution >= 0.6 is 11.3 Å². The summed E-state index contributed by atoms with van der Waals surface area (Å²) in [6.45, 7) is 7.25. The number of carbonyl (C=O) groups excluding carboxylic acids is 2. The van der Waals surface area contributed by atoms with E-state index >= 15 is 0 Å². The second-order valence-corrected chi connectivity index (χ2v) is 9.23. The molecule has 0 radical (unpaired) electrons. The van der Waals surface area contributed by atoms with Crippen molar-refractivity contribution in [2.75, 3.05) is 0 Å². The van der Waals surface area contributed by atoms with Gasteiger partial charge in [0, 0.05) is 33.0 Å². The molecule has 0 unspecified atom stereocenters. The van der Waals surface area contributed by atoms with Gasteiger partial charge in [-0.1, -0.05) is 0 Å². The molecule has 1 N–H and O–H groups in total. The lowest BCUT2D eigenvalue weighted by Gasteiger charge is -2.28. The van der Waals surface area contributed by atoms with Crippen LogP contribution < -0.4 is 4.73 Å². The fourth-order valence-corrected chi connectivity index (χ4v) is 4.92. The number of hydrogen-bond donors (Lipinski definition) is 1. The van der Waals surface area contributed by atoms with E-state index in [0.29, 0.717) is 23.2 Å². The molecule has 0 spiro atoms. The Balaban J connectivity index is 1.88. The molecule has 1 atom stereocenters. The van der Waals surface area contributed by atoms with Crippen molar-refractivity contribution >= 4 is 44.3 Å². The number of carbonyl (C=O) groups is 2. The number of rotatable bonds is 0. The molecule has 7 heteroatoms. The van der Waals surface area contributed by atoms with Crippen molar-refractivity contribution < 1.29 is 24.3 Å². The highest BCUT2D eigenvalue weighted by Gasteiger charge is 2.37. The van der Waals surface area contributed by atoms with Crippen LogP contribution in [0.25, 0.3) is 21.0 Å². The summed E-state index contributed by atoms with van der Waals surface area (Å²) in [7, 11) is 0. The molecule has 0 bridgehead atoms. The van der Waals surface area contributed by atoms with Crippen LogP contribution in [0.1, 0.15) is 49.4 Å². The highest BCUT2D eigenvalue weighted by Crippen LogP contribution is 2.39. The van der Waals surface area contributed by atoms with Crippen LogP contribution in [0.15, 0.2) is 30.5 Å². The fourth-order valence-electron chi connectivity index (χ4n) is 3.72. The van der Waals surface area contributed by atoms with Crippen LogP contribution in [0.3, 0.4) is 0 Å². The Kier molecular flexibility index (Phi) is 4.30. The van der Waals surface area contributed by atoms with E-state index in [2.05, 4.69) is 0 Å². The number of thiophene rings is 1. The van der Waals surface area contributed by atoms with E-state index in [1.807, 2.05) is 25.1 Å². The average molecular weight is 399 g/mol. The summed E-state index contributed by atoms with van der Waals surface area (Å²) in [4.78, 5) is 27.9. The van der Waals surface area contributed by atoms with Crippen LogP contribution in [-0.4, -0.2) is 33.8 Å². The summed E-state index contributed by atoms with van der Waals surface area (Å²) in [6, 6.07) is 7.22. The van der Waals surface area contributed by atoms with Crippen molar-refractivity contribution in [3.05, 3.63) is 40.9 Å². The van der Waals surface area contributed by atoms with Crippen LogP contribution in [-0.2, 0) is 11.2 Å². The zero-order chi connectivity index (χ0) is 20.2. The Labute approximate surface area is 166 Å². The molecule has 3 heterocycles. The van der Waals surface area contributed by atoms with Crippen LogP contribution in [0.2, 0.25) is 0 Å². The van der Waals surface area contributed by atoms with Crippen LogP contribution in [0, 0.1) is 0 Å². The Morgan fingerprint density at radius 1 is 1.32 bits per heavy atom. The lowest BCUT2D eigenvalue weighted by Crippen LogP contribution is -2.45. The summed E-state index contributed by atoms with van der Waals surface area (Å²) in [5.41, 5.74) is 0.959. The molecule has 0 saturated heterocycles. The summed E-state index contributed by atoms with van der Waals surface area (Å²) in [5.74, 6) is -0.309. The van der Waals surface area contributed by atoms with Gasteiger partial charge in [-0.15, -0.1) is 11.3 Å². The first-order valence-electron chi connectivity index (χ1n) is 9.32. The molecule has 2 aromatic heterocycles. The largest absolute Gasteiger partial charge is 0.443 e. The van der Waals surface area contributed by atoms with Gasteiger partial charge < -0.3 is 4.74 Å². The first kappa shape index (κ1) is 18.7. The molecule has 28 heavy (non-hydrogen) atoms. The smallest absolute Gasteiger partial charge is 0.417 e. The maximum Gasteiger partial charge on any atom is 0.417 e. The molecule has 4 rings (SSSR count). The third-order valence-corrected chi connectivity index (χ3v) is 6.15. The normalized spacial score (nSPS) is 17.6. The summed E-state index contributed by atoms with van der Waals surface area (Å²) in [5, 5.41) is 12.0. The van der Waals surface area contributed by atoms with E-state index in [-0.39, 0.29) is 11.9 Å². The van der Waals surface area contributed by atoms with Crippen molar-refractivity contribution in [1.82, 2.24) is 4.90 Å². The molecule has 1 aromatic carbocycles. The van der Waals surface area contributed by atoms with Gasteiger partial charge in [-0.25, -0.2) is 9.69 Å². The summed E-state index contributed by atoms with van der Waals surface area (Å²) < 4.78 is 7.54. The fraction of sp³-hybridized carbons (Fsp3) is 0.381. The minimum Gasteiger partial charge on any atom is -0.443 e. The van der Waals surface area contributed by atoms with Crippen molar-refractivity contribution in [1.29, 1.82) is 0 Å². The minimum atomic E-state index is -0.669. The molecule has 2 amide bonds. The quantitative estimate of drug-likeness (QED) is 0.452. The Hall–Kier alpha value is -2.67. The van der Waals surface area contributed by atoms with Gasteiger partial charge in [0.25, 0.3) is 11.4 Å². The van der Waals surface area contributed by atoms with Gasteiger partial charge in [0.15, 0.2) is 0 Å². The number of hydrogen-bond acceptors (Lipinski definition) is 5. The predicted molar refractivity (Wildman–Crippen MR) is 107 cm³/mol. The van der Waals surface area contributed by atoms with E-state index in [4.69, 9.17) is 4.74 Å². The van der Waals surface area contributed by atoms with Crippen LogP contribution in [0.4, 0.5) is 4.79 Å². The second-order valence-electron chi connectivity index (χ2n) is 8.18. The second kappa shape index (κ2) is 6.44. The molecule has 1 aliphatic rings. The van der Waals surface area contributed by atoms with Gasteiger partial charge in [0.05, 0.1) is 10.3 Å². The van der Waals surface area contributed by atoms with Crippen molar-refractivity contribution in [3.63, 3.8) is 0 Å². The topological polar surface area (TPSA) is 70.7 Å². The third kappa shape index (κ3) is 2.99. The standard InChI is InChI=1S/C21H23N2O4S/c1-12-7-8-14-17-13-6-5-11-22(26)15(13)9-10-16(17)28-18(14)19(24)23(12)20(25)27-21(2,3)4/h5-6,9-12,26H,7-8H2,1-4H3/q+1/t12-/m1/s1. The maximum atomic E-state index is 13.3. The summed E-state index contributed by atoms with van der Waals surface area (Å²) >= 11 is 1.39. The number of amides is 2. The van der Waals surface area contributed by atoms with Gasteiger partial charge in [0.2, 0.25) is 6.20 Å². The van der Waals surface area contributed by atoms with E-state index < -0.39 is 11.7 Å². The number of aromatic nitrogens is 1. The lowest BCUT2D eigenvalue weighted by atomic mass is 10.0. The zero-order valence-electron chi connectivity index (χ0n) is 16.4. The van der Waals surface area contributed by atoms with E-state index in [1.54, 1.807) is 33.0 Å². The summed E-state index contributed by atoms with van der Waals surface area (Å²) in [6.07, 6.45) is 2.32. The van der Waals surface area contributed by atoms with Crippen LogP contribution in [0.5, 0.6) is 0 Å². The first-order chi connectivity index (χ1) is 13.2. The number of imide groups is 1. The number of aryl methyl sites for hydroxylation is 1. The Morgan fingerprint density at radius 2 is 2.07 bits per heavy atom.